The molecule has 1 fully saturated rings. The molecular weight excluding hydrogens is 252 g/mol. The van der Waals surface area contributed by atoms with E-state index in [9.17, 15) is 0 Å². The van der Waals surface area contributed by atoms with Gasteiger partial charge in [-0.1, -0.05) is 36.4 Å². The fraction of sp³-hybridized carbons (Fsp3) is 0.385. The second-order valence-corrected chi connectivity index (χ2v) is 8.11. The first-order valence-corrected chi connectivity index (χ1v) is 8.62. The van der Waals surface area contributed by atoms with Crippen LogP contribution in [0.2, 0.25) is 0 Å². The second kappa shape index (κ2) is 6.08. The normalized spacial score (nSPS) is 20.1. The standard InChI is InChI=1S/C13H16S3/c1-14-13(15-10-5-11-16-13)9-8-12-6-3-2-4-7-12/h2-4,6-9H,5,10-11H2,1H3/b9-8+. The SMILES string of the molecule is CSC1(/C=C/c2ccccc2)SCCCS1. The summed E-state index contributed by atoms with van der Waals surface area (Å²) in [5.74, 6) is 2.57. The van der Waals surface area contributed by atoms with Gasteiger partial charge in [-0.2, -0.15) is 0 Å². The number of benzene rings is 1. The van der Waals surface area contributed by atoms with E-state index in [1.54, 1.807) is 0 Å². The Morgan fingerprint density at radius 2 is 1.88 bits per heavy atom. The average Bonchev–Trinajstić information content (AvgIpc) is 2.39. The fourth-order valence-electron chi connectivity index (χ4n) is 1.57. The molecule has 0 spiro atoms. The van der Waals surface area contributed by atoms with E-state index in [4.69, 9.17) is 0 Å². The van der Waals surface area contributed by atoms with E-state index in [0.717, 1.165) is 0 Å². The van der Waals surface area contributed by atoms with Crippen LogP contribution in [0.15, 0.2) is 36.4 Å². The lowest BCUT2D eigenvalue weighted by Gasteiger charge is -2.31. The maximum atomic E-state index is 2.36. The third-order valence-corrected chi connectivity index (χ3v) is 7.64. The fourth-order valence-corrected chi connectivity index (χ4v) is 5.71. The van der Waals surface area contributed by atoms with E-state index in [-0.39, 0.29) is 3.41 Å². The van der Waals surface area contributed by atoms with Crippen LogP contribution in [0.1, 0.15) is 12.0 Å². The van der Waals surface area contributed by atoms with Gasteiger partial charge in [0.1, 0.15) is 3.41 Å². The molecule has 1 heterocycles. The maximum Gasteiger partial charge on any atom is 0.125 e. The minimum Gasteiger partial charge on any atom is -0.133 e. The average molecular weight is 268 g/mol. The molecule has 0 atom stereocenters. The van der Waals surface area contributed by atoms with Crippen molar-refractivity contribution < 1.29 is 0 Å². The Morgan fingerprint density at radius 3 is 2.50 bits per heavy atom. The molecule has 0 nitrogen and oxygen atoms in total. The first-order valence-electron chi connectivity index (χ1n) is 5.42. The summed E-state index contributed by atoms with van der Waals surface area (Å²) in [7, 11) is 0. The smallest absolute Gasteiger partial charge is 0.125 e. The van der Waals surface area contributed by atoms with Crippen LogP contribution in [0.3, 0.4) is 0 Å². The van der Waals surface area contributed by atoms with Crippen LogP contribution in [0.5, 0.6) is 0 Å². The van der Waals surface area contributed by atoms with E-state index in [2.05, 4.69) is 72.3 Å². The Hall–Kier alpha value is 0.01000. The third kappa shape index (κ3) is 3.25. The van der Waals surface area contributed by atoms with Crippen molar-refractivity contribution in [2.24, 2.45) is 0 Å². The van der Waals surface area contributed by atoms with E-state index >= 15 is 0 Å². The molecular formula is C13H16S3. The van der Waals surface area contributed by atoms with Gasteiger partial charge >= 0.3 is 0 Å². The predicted molar refractivity (Wildman–Crippen MR) is 81.3 cm³/mol. The topological polar surface area (TPSA) is 0 Å². The zero-order valence-electron chi connectivity index (χ0n) is 9.39. The molecule has 2 rings (SSSR count). The van der Waals surface area contributed by atoms with Crippen LogP contribution in [0.25, 0.3) is 6.08 Å². The lowest BCUT2D eigenvalue weighted by molar-refractivity contribution is 1.10. The largest absolute Gasteiger partial charge is 0.133 e. The lowest BCUT2D eigenvalue weighted by Crippen LogP contribution is -2.17. The summed E-state index contributed by atoms with van der Waals surface area (Å²) in [6.45, 7) is 0. The van der Waals surface area contributed by atoms with Crippen LogP contribution in [-0.2, 0) is 0 Å². The van der Waals surface area contributed by atoms with Gasteiger partial charge in [-0.3, -0.25) is 0 Å². The van der Waals surface area contributed by atoms with E-state index < -0.39 is 0 Å². The minimum absolute atomic E-state index is 0.244. The van der Waals surface area contributed by atoms with Crippen LogP contribution in [0, 0.1) is 0 Å². The Balaban J connectivity index is 2.09. The summed E-state index contributed by atoms with van der Waals surface area (Å²) >= 11 is 6.09. The van der Waals surface area contributed by atoms with Crippen LogP contribution in [-0.4, -0.2) is 21.2 Å². The van der Waals surface area contributed by atoms with Gasteiger partial charge in [-0.05, 0) is 35.8 Å². The summed E-state index contributed by atoms with van der Waals surface area (Å²) in [4.78, 5) is 0. The van der Waals surface area contributed by atoms with Crippen molar-refractivity contribution >= 4 is 41.4 Å². The number of rotatable bonds is 3. The highest BCUT2D eigenvalue weighted by Crippen LogP contribution is 2.50. The summed E-state index contributed by atoms with van der Waals surface area (Å²) in [6, 6.07) is 10.6. The van der Waals surface area contributed by atoms with Crippen molar-refractivity contribution in [1.82, 2.24) is 0 Å². The molecule has 0 bridgehead atoms. The summed E-state index contributed by atoms with van der Waals surface area (Å²) in [5.41, 5.74) is 1.29. The van der Waals surface area contributed by atoms with Gasteiger partial charge < -0.3 is 0 Å². The molecule has 0 radical (unpaired) electrons. The molecule has 1 aliphatic heterocycles. The molecule has 0 N–H and O–H groups in total. The van der Waals surface area contributed by atoms with E-state index in [0.29, 0.717) is 0 Å². The molecule has 0 aromatic heterocycles. The quantitative estimate of drug-likeness (QED) is 0.787. The first-order chi connectivity index (χ1) is 7.85. The predicted octanol–water partition coefficient (Wildman–Crippen LogP) is 4.59. The number of thioether (sulfide) groups is 3. The zero-order valence-corrected chi connectivity index (χ0v) is 11.8. The molecule has 3 heteroatoms. The van der Waals surface area contributed by atoms with Crippen molar-refractivity contribution in [2.45, 2.75) is 9.83 Å². The highest BCUT2D eigenvalue weighted by molar-refractivity contribution is 8.34. The number of hydrogen-bond acceptors (Lipinski definition) is 3. The van der Waals surface area contributed by atoms with E-state index in [1.807, 2.05) is 11.8 Å². The molecule has 0 amide bonds. The Kier molecular flexibility index (Phi) is 4.74. The highest BCUT2D eigenvalue weighted by atomic mass is 32.3. The van der Waals surface area contributed by atoms with Crippen molar-refractivity contribution in [3.8, 4) is 0 Å². The molecule has 1 aromatic carbocycles. The minimum atomic E-state index is 0.244. The van der Waals surface area contributed by atoms with Crippen molar-refractivity contribution in [2.75, 3.05) is 17.8 Å². The second-order valence-electron chi connectivity index (χ2n) is 3.60. The van der Waals surface area contributed by atoms with Crippen LogP contribution < -0.4 is 0 Å². The van der Waals surface area contributed by atoms with Crippen molar-refractivity contribution in [3.05, 3.63) is 42.0 Å². The van der Waals surface area contributed by atoms with Gasteiger partial charge in [0.15, 0.2) is 0 Å². The molecule has 0 aliphatic carbocycles. The molecule has 1 aromatic rings. The van der Waals surface area contributed by atoms with Gasteiger partial charge in [-0.25, -0.2) is 0 Å². The van der Waals surface area contributed by atoms with E-state index in [1.165, 1.54) is 23.5 Å². The Labute approximate surface area is 111 Å². The maximum absolute atomic E-state index is 2.36. The lowest BCUT2D eigenvalue weighted by atomic mass is 10.2. The van der Waals surface area contributed by atoms with Crippen molar-refractivity contribution in [1.29, 1.82) is 0 Å². The van der Waals surface area contributed by atoms with Crippen LogP contribution in [0.4, 0.5) is 0 Å². The third-order valence-electron chi connectivity index (χ3n) is 2.46. The molecule has 16 heavy (non-hydrogen) atoms. The molecule has 0 unspecified atom stereocenters. The zero-order chi connectivity index (χ0) is 11.3. The van der Waals surface area contributed by atoms with Gasteiger partial charge in [0.2, 0.25) is 0 Å². The van der Waals surface area contributed by atoms with Gasteiger partial charge in [0.25, 0.3) is 0 Å². The summed E-state index contributed by atoms with van der Waals surface area (Å²) in [5, 5.41) is 0. The highest BCUT2D eigenvalue weighted by Gasteiger charge is 2.29. The number of hydrogen-bond donors (Lipinski definition) is 0. The Bertz CT molecular complexity index is 339. The summed E-state index contributed by atoms with van der Waals surface area (Å²) < 4.78 is 0.244. The van der Waals surface area contributed by atoms with Crippen LogP contribution >= 0.6 is 35.3 Å². The summed E-state index contributed by atoms with van der Waals surface area (Å²) in [6.07, 6.45) is 8.17. The molecule has 0 saturated carbocycles. The van der Waals surface area contributed by atoms with Gasteiger partial charge in [-0.15, -0.1) is 35.3 Å². The molecule has 86 valence electrons. The molecule has 1 aliphatic rings. The first kappa shape index (κ1) is 12.5. The van der Waals surface area contributed by atoms with Gasteiger partial charge in [0, 0.05) is 0 Å². The monoisotopic (exact) mass is 268 g/mol. The van der Waals surface area contributed by atoms with Gasteiger partial charge in [0.05, 0.1) is 0 Å². The van der Waals surface area contributed by atoms with Crippen molar-refractivity contribution in [3.63, 3.8) is 0 Å². The molecule has 1 saturated heterocycles. The Morgan fingerprint density at radius 1 is 1.19 bits per heavy atom.